The summed E-state index contributed by atoms with van der Waals surface area (Å²) in [6, 6.07) is 17.1. The molecule has 1 unspecified atom stereocenters. The number of hydrogen-bond donors (Lipinski definition) is 2. The van der Waals surface area contributed by atoms with E-state index < -0.39 is 0 Å². The van der Waals surface area contributed by atoms with E-state index in [1.807, 2.05) is 49.4 Å². The fourth-order valence-corrected chi connectivity index (χ4v) is 2.43. The van der Waals surface area contributed by atoms with Gasteiger partial charge in [-0.25, -0.2) is 0 Å². The van der Waals surface area contributed by atoms with Crippen molar-refractivity contribution in [2.75, 3.05) is 0 Å². The van der Waals surface area contributed by atoms with Crippen molar-refractivity contribution in [3.05, 3.63) is 70.7 Å². The number of halogens is 1. The number of rotatable bonds is 4. The number of thiocarbonyl (C=S) groups is 1. The molecular weight excluding hydrogens is 316 g/mol. The van der Waals surface area contributed by atoms with Crippen molar-refractivity contribution < 1.29 is 4.79 Å². The Bertz CT molecular complexity index is 643. The highest BCUT2D eigenvalue weighted by Gasteiger charge is 2.09. The van der Waals surface area contributed by atoms with Crippen molar-refractivity contribution in [1.82, 2.24) is 10.6 Å². The zero-order valence-electron chi connectivity index (χ0n) is 12.2. The molecular formula is C17H17ClN2OS. The normalized spacial score (nSPS) is 11.5. The molecule has 2 N–H and O–H groups in total. The monoisotopic (exact) mass is 332 g/mol. The fourth-order valence-electron chi connectivity index (χ4n) is 2.02. The van der Waals surface area contributed by atoms with Gasteiger partial charge in [0.2, 0.25) is 5.91 Å². The van der Waals surface area contributed by atoms with E-state index in [9.17, 15) is 4.79 Å². The van der Waals surface area contributed by atoms with E-state index in [0.717, 1.165) is 11.1 Å². The molecule has 0 spiro atoms. The molecule has 0 radical (unpaired) electrons. The SMILES string of the molecule is CC(NC(=S)NC(=O)Cc1ccc(Cl)cc1)c1ccccc1. The Labute approximate surface area is 140 Å². The lowest BCUT2D eigenvalue weighted by molar-refractivity contribution is -0.119. The van der Waals surface area contributed by atoms with Gasteiger partial charge in [0.15, 0.2) is 5.11 Å². The fraction of sp³-hybridized carbons (Fsp3) is 0.176. The third-order valence-electron chi connectivity index (χ3n) is 3.18. The quantitative estimate of drug-likeness (QED) is 0.840. The van der Waals surface area contributed by atoms with Crippen LogP contribution in [0.1, 0.15) is 24.1 Å². The van der Waals surface area contributed by atoms with Gasteiger partial charge in [-0.3, -0.25) is 4.79 Å². The number of benzene rings is 2. The third kappa shape index (κ3) is 5.13. The number of nitrogens with one attached hydrogen (secondary N) is 2. The lowest BCUT2D eigenvalue weighted by Gasteiger charge is -2.16. The van der Waals surface area contributed by atoms with Crippen molar-refractivity contribution in [3.63, 3.8) is 0 Å². The van der Waals surface area contributed by atoms with Crippen LogP contribution >= 0.6 is 23.8 Å². The maximum absolute atomic E-state index is 12.0. The Kier molecular flexibility index (Phi) is 5.92. The predicted molar refractivity (Wildman–Crippen MR) is 93.9 cm³/mol. The predicted octanol–water partition coefficient (Wildman–Crippen LogP) is 3.63. The molecule has 2 rings (SSSR count). The van der Waals surface area contributed by atoms with Gasteiger partial charge in [0.1, 0.15) is 0 Å². The maximum atomic E-state index is 12.0. The van der Waals surface area contributed by atoms with Crippen molar-refractivity contribution in [2.45, 2.75) is 19.4 Å². The van der Waals surface area contributed by atoms with Crippen LogP contribution in [0, 0.1) is 0 Å². The summed E-state index contributed by atoms with van der Waals surface area (Å²) in [7, 11) is 0. The van der Waals surface area contributed by atoms with Crippen molar-refractivity contribution in [2.24, 2.45) is 0 Å². The molecule has 22 heavy (non-hydrogen) atoms. The van der Waals surface area contributed by atoms with Crippen LogP contribution in [0.25, 0.3) is 0 Å². The van der Waals surface area contributed by atoms with Crippen LogP contribution in [-0.4, -0.2) is 11.0 Å². The number of hydrogen-bond acceptors (Lipinski definition) is 2. The first-order chi connectivity index (χ1) is 10.5. The standard InChI is InChI=1S/C17H17ClN2OS/c1-12(14-5-3-2-4-6-14)19-17(22)20-16(21)11-13-7-9-15(18)10-8-13/h2-10,12H,11H2,1H3,(H2,19,20,21,22). The van der Waals surface area contributed by atoms with E-state index in [-0.39, 0.29) is 18.4 Å². The van der Waals surface area contributed by atoms with Gasteiger partial charge in [0, 0.05) is 5.02 Å². The van der Waals surface area contributed by atoms with Crippen LogP contribution in [0.2, 0.25) is 5.02 Å². The highest BCUT2D eigenvalue weighted by molar-refractivity contribution is 7.80. The molecule has 0 saturated heterocycles. The largest absolute Gasteiger partial charge is 0.356 e. The van der Waals surface area contributed by atoms with Crippen molar-refractivity contribution in [3.8, 4) is 0 Å². The molecule has 1 atom stereocenters. The lowest BCUT2D eigenvalue weighted by Crippen LogP contribution is -2.41. The van der Waals surface area contributed by atoms with Crippen LogP contribution in [0.5, 0.6) is 0 Å². The minimum atomic E-state index is -0.153. The molecule has 0 aliphatic rings. The second-order valence-electron chi connectivity index (χ2n) is 4.96. The second kappa shape index (κ2) is 7.92. The van der Waals surface area contributed by atoms with Gasteiger partial charge in [-0.1, -0.05) is 54.1 Å². The van der Waals surface area contributed by atoms with E-state index in [2.05, 4.69) is 10.6 Å². The van der Waals surface area contributed by atoms with Gasteiger partial charge in [-0.05, 0) is 42.4 Å². The summed E-state index contributed by atoms with van der Waals surface area (Å²) in [4.78, 5) is 12.0. The molecule has 3 nitrogen and oxygen atoms in total. The Hall–Kier alpha value is -1.91. The summed E-state index contributed by atoms with van der Waals surface area (Å²) < 4.78 is 0. The van der Waals surface area contributed by atoms with Gasteiger partial charge in [-0.15, -0.1) is 0 Å². The summed E-state index contributed by atoms with van der Waals surface area (Å²) in [6.07, 6.45) is 0.263. The van der Waals surface area contributed by atoms with E-state index in [1.54, 1.807) is 12.1 Å². The highest BCUT2D eigenvalue weighted by atomic mass is 35.5. The molecule has 5 heteroatoms. The van der Waals surface area contributed by atoms with Gasteiger partial charge < -0.3 is 10.6 Å². The topological polar surface area (TPSA) is 41.1 Å². The molecule has 0 fully saturated rings. The molecule has 2 aromatic carbocycles. The molecule has 1 amide bonds. The Morgan fingerprint density at radius 1 is 1.14 bits per heavy atom. The maximum Gasteiger partial charge on any atom is 0.230 e. The summed E-state index contributed by atoms with van der Waals surface area (Å²) in [5, 5.41) is 6.77. The van der Waals surface area contributed by atoms with Gasteiger partial charge in [-0.2, -0.15) is 0 Å². The van der Waals surface area contributed by atoms with E-state index >= 15 is 0 Å². The summed E-state index contributed by atoms with van der Waals surface area (Å²) in [6.45, 7) is 1.99. The summed E-state index contributed by atoms with van der Waals surface area (Å²) >= 11 is 11.0. The molecule has 2 aromatic rings. The third-order valence-corrected chi connectivity index (χ3v) is 3.65. The van der Waals surface area contributed by atoms with E-state index in [1.165, 1.54) is 0 Å². The lowest BCUT2D eigenvalue weighted by atomic mass is 10.1. The van der Waals surface area contributed by atoms with Gasteiger partial charge in [0.05, 0.1) is 12.5 Å². The minimum Gasteiger partial charge on any atom is -0.356 e. The molecule has 0 aliphatic carbocycles. The van der Waals surface area contributed by atoms with Crippen molar-refractivity contribution in [1.29, 1.82) is 0 Å². The summed E-state index contributed by atoms with van der Waals surface area (Å²) in [5.41, 5.74) is 2.00. The average molecular weight is 333 g/mol. The first kappa shape index (κ1) is 16.5. The first-order valence-corrected chi connectivity index (χ1v) is 7.73. The Balaban J connectivity index is 1.83. The molecule has 0 saturated carbocycles. The van der Waals surface area contributed by atoms with Crippen molar-refractivity contribution >= 4 is 34.8 Å². The molecule has 0 aromatic heterocycles. The molecule has 0 bridgehead atoms. The highest BCUT2D eigenvalue weighted by Crippen LogP contribution is 2.11. The zero-order valence-corrected chi connectivity index (χ0v) is 13.7. The zero-order chi connectivity index (χ0) is 15.9. The van der Waals surface area contributed by atoms with Crippen LogP contribution in [-0.2, 0) is 11.2 Å². The van der Waals surface area contributed by atoms with Crippen LogP contribution < -0.4 is 10.6 Å². The minimum absolute atomic E-state index is 0.0320. The van der Waals surface area contributed by atoms with Crippen LogP contribution in [0.15, 0.2) is 54.6 Å². The number of carbonyl (C=O) groups excluding carboxylic acids is 1. The number of amides is 1. The van der Waals surface area contributed by atoms with Crippen LogP contribution in [0.3, 0.4) is 0 Å². The summed E-state index contributed by atoms with van der Waals surface area (Å²) in [5.74, 6) is -0.153. The second-order valence-corrected chi connectivity index (χ2v) is 5.80. The average Bonchev–Trinajstić information content (AvgIpc) is 2.50. The van der Waals surface area contributed by atoms with Crippen LogP contribution in [0.4, 0.5) is 0 Å². The van der Waals surface area contributed by atoms with Gasteiger partial charge >= 0.3 is 0 Å². The molecule has 0 heterocycles. The molecule has 0 aliphatic heterocycles. The van der Waals surface area contributed by atoms with E-state index in [4.69, 9.17) is 23.8 Å². The Morgan fingerprint density at radius 2 is 1.77 bits per heavy atom. The Morgan fingerprint density at radius 3 is 2.41 bits per heavy atom. The first-order valence-electron chi connectivity index (χ1n) is 6.94. The smallest absolute Gasteiger partial charge is 0.230 e. The van der Waals surface area contributed by atoms with E-state index in [0.29, 0.717) is 10.1 Å². The molecule has 114 valence electrons. The van der Waals surface area contributed by atoms with Gasteiger partial charge in [0.25, 0.3) is 0 Å². The number of carbonyl (C=O) groups is 1.